The van der Waals surface area contributed by atoms with Crippen LogP contribution < -0.4 is 4.90 Å². The third-order valence-corrected chi connectivity index (χ3v) is 4.41. The molecule has 4 nitrogen and oxygen atoms in total. The Morgan fingerprint density at radius 3 is 2.19 bits per heavy atom. The Bertz CT molecular complexity index is 607. The summed E-state index contributed by atoms with van der Waals surface area (Å²) in [5, 5.41) is 0. The quantitative estimate of drug-likeness (QED) is 0.737. The summed E-state index contributed by atoms with van der Waals surface area (Å²) in [6.45, 7) is 3.24. The normalized spacial score (nSPS) is 15.1. The molecular weight excluding hydrogens is 377 g/mol. The average Bonchev–Trinajstić information content (AvgIpc) is 2.56. The van der Waals surface area contributed by atoms with Crippen molar-refractivity contribution in [3.05, 3.63) is 57.9 Å². The number of halogens is 1. The van der Waals surface area contributed by atoms with E-state index in [4.69, 9.17) is 0 Å². The Morgan fingerprint density at radius 2 is 1.57 bits per heavy atom. The lowest BCUT2D eigenvalue weighted by Crippen LogP contribution is -2.48. The number of carbonyl (C=O) groups excluding carboxylic acids is 1. The second kappa shape index (κ2) is 6.43. The van der Waals surface area contributed by atoms with Crippen LogP contribution in [0.2, 0.25) is 0 Å². The lowest BCUT2D eigenvalue weighted by Gasteiger charge is -2.36. The summed E-state index contributed by atoms with van der Waals surface area (Å²) in [5.41, 5.74) is 1.94. The predicted octanol–water partition coefficient (Wildman–Crippen LogP) is 2.65. The zero-order chi connectivity index (χ0) is 14.7. The largest absolute Gasteiger partial charge is 0.368 e. The molecule has 1 amide bonds. The topological polar surface area (TPSA) is 36.4 Å². The van der Waals surface area contributed by atoms with Crippen molar-refractivity contribution < 1.29 is 4.79 Å². The molecule has 0 N–H and O–H groups in total. The molecule has 1 saturated heterocycles. The number of hydrogen-bond acceptors (Lipinski definition) is 3. The van der Waals surface area contributed by atoms with Crippen LogP contribution >= 0.6 is 22.6 Å². The van der Waals surface area contributed by atoms with Crippen molar-refractivity contribution >= 4 is 34.2 Å². The molecule has 108 valence electrons. The minimum Gasteiger partial charge on any atom is -0.368 e. The lowest BCUT2D eigenvalue weighted by atomic mass is 10.2. The number of anilines is 1. The van der Waals surface area contributed by atoms with Crippen LogP contribution in [-0.2, 0) is 0 Å². The van der Waals surface area contributed by atoms with E-state index in [0.717, 1.165) is 35.3 Å². The summed E-state index contributed by atoms with van der Waals surface area (Å²) in [6.07, 6.45) is 3.61. The average molecular weight is 393 g/mol. The highest BCUT2D eigenvalue weighted by Crippen LogP contribution is 2.16. The number of benzene rings is 1. The van der Waals surface area contributed by atoms with Crippen molar-refractivity contribution in [3.8, 4) is 0 Å². The van der Waals surface area contributed by atoms with Crippen molar-refractivity contribution in [1.29, 1.82) is 0 Å². The number of aromatic nitrogens is 1. The SMILES string of the molecule is O=C(c1ccc(I)cc1)N1CCN(c2ccncc2)CC1. The van der Waals surface area contributed by atoms with E-state index in [0.29, 0.717) is 0 Å². The summed E-state index contributed by atoms with van der Waals surface area (Å²) >= 11 is 2.25. The number of piperazine rings is 1. The summed E-state index contributed by atoms with van der Waals surface area (Å²) in [7, 11) is 0. The van der Waals surface area contributed by atoms with Gasteiger partial charge in [-0.15, -0.1) is 0 Å². The van der Waals surface area contributed by atoms with Gasteiger partial charge in [-0.1, -0.05) is 0 Å². The fourth-order valence-corrected chi connectivity index (χ4v) is 2.86. The molecule has 0 atom stereocenters. The zero-order valence-corrected chi connectivity index (χ0v) is 13.7. The molecule has 2 heterocycles. The van der Waals surface area contributed by atoms with E-state index < -0.39 is 0 Å². The van der Waals surface area contributed by atoms with E-state index in [1.807, 2.05) is 41.3 Å². The van der Waals surface area contributed by atoms with Crippen LogP contribution in [0.5, 0.6) is 0 Å². The fourth-order valence-electron chi connectivity index (χ4n) is 2.50. The van der Waals surface area contributed by atoms with Gasteiger partial charge in [0.2, 0.25) is 0 Å². The maximum atomic E-state index is 12.4. The molecule has 5 heteroatoms. The second-order valence-electron chi connectivity index (χ2n) is 4.99. The molecule has 0 aliphatic carbocycles. The number of hydrogen-bond donors (Lipinski definition) is 0. The van der Waals surface area contributed by atoms with Gasteiger partial charge in [0.1, 0.15) is 0 Å². The Balaban J connectivity index is 1.63. The van der Waals surface area contributed by atoms with Gasteiger partial charge in [-0.3, -0.25) is 9.78 Å². The third kappa shape index (κ3) is 3.34. The number of nitrogens with zero attached hydrogens (tertiary/aromatic N) is 3. The third-order valence-electron chi connectivity index (χ3n) is 3.69. The number of pyridine rings is 1. The first-order valence-electron chi connectivity index (χ1n) is 6.94. The first kappa shape index (κ1) is 14.3. The summed E-state index contributed by atoms with van der Waals surface area (Å²) in [4.78, 5) is 20.7. The summed E-state index contributed by atoms with van der Waals surface area (Å²) in [6, 6.07) is 11.8. The zero-order valence-electron chi connectivity index (χ0n) is 11.6. The molecular formula is C16H16IN3O. The van der Waals surface area contributed by atoms with Crippen molar-refractivity contribution in [1.82, 2.24) is 9.88 Å². The molecule has 1 fully saturated rings. The predicted molar refractivity (Wildman–Crippen MR) is 91.5 cm³/mol. The molecule has 1 aromatic carbocycles. The van der Waals surface area contributed by atoms with Crippen LogP contribution in [0.25, 0.3) is 0 Å². The molecule has 1 aliphatic rings. The van der Waals surface area contributed by atoms with Gasteiger partial charge in [0.15, 0.2) is 0 Å². The van der Waals surface area contributed by atoms with E-state index in [9.17, 15) is 4.79 Å². The lowest BCUT2D eigenvalue weighted by molar-refractivity contribution is 0.0747. The van der Waals surface area contributed by atoms with Gasteiger partial charge in [-0.2, -0.15) is 0 Å². The van der Waals surface area contributed by atoms with Crippen LogP contribution in [0.1, 0.15) is 10.4 Å². The van der Waals surface area contributed by atoms with Gasteiger partial charge in [0, 0.05) is 53.4 Å². The highest BCUT2D eigenvalue weighted by Gasteiger charge is 2.22. The summed E-state index contributed by atoms with van der Waals surface area (Å²) in [5.74, 6) is 0.126. The van der Waals surface area contributed by atoms with Crippen LogP contribution in [-0.4, -0.2) is 42.0 Å². The van der Waals surface area contributed by atoms with Crippen LogP contribution in [0.4, 0.5) is 5.69 Å². The molecule has 0 bridgehead atoms. The first-order valence-corrected chi connectivity index (χ1v) is 8.02. The van der Waals surface area contributed by atoms with E-state index >= 15 is 0 Å². The van der Waals surface area contributed by atoms with Gasteiger partial charge < -0.3 is 9.80 Å². The molecule has 1 aromatic heterocycles. The van der Waals surface area contributed by atoms with Gasteiger partial charge in [-0.25, -0.2) is 0 Å². The molecule has 21 heavy (non-hydrogen) atoms. The maximum absolute atomic E-state index is 12.4. The van der Waals surface area contributed by atoms with Crippen molar-refractivity contribution in [2.75, 3.05) is 31.1 Å². The molecule has 0 radical (unpaired) electrons. The summed E-state index contributed by atoms with van der Waals surface area (Å²) < 4.78 is 1.15. The molecule has 2 aromatic rings. The van der Waals surface area contributed by atoms with E-state index in [1.165, 1.54) is 5.69 Å². The smallest absolute Gasteiger partial charge is 0.253 e. The number of carbonyl (C=O) groups is 1. The molecule has 0 saturated carbocycles. The minimum absolute atomic E-state index is 0.126. The highest BCUT2D eigenvalue weighted by molar-refractivity contribution is 14.1. The van der Waals surface area contributed by atoms with Crippen LogP contribution in [0.3, 0.4) is 0 Å². The molecule has 0 unspecified atom stereocenters. The molecule has 3 rings (SSSR count). The van der Waals surface area contributed by atoms with Gasteiger partial charge in [-0.05, 0) is 59.0 Å². The Kier molecular flexibility index (Phi) is 4.38. The minimum atomic E-state index is 0.126. The Hall–Kier alpha value is -1.63. The molecule has 0 spiro atoms. The number of rotatable bonds is 2. The second-order valence-corrected chi connectivity index (χ2v) is 6.24. The van der Waals surface area contributed by atoms with Crippen molar-refractivity contribution in [2.45, 2.75) is 0 Å². The van der Waals surface area contributed by atoms with E-state index in [1.54, 1.807) is 12.4 Å². The van der Waals surface area contributed by atoms with Crippen molar-refractivity contribution in [3.63, 3.8) is 0 Å². The Labute approximate surface area is 137 Å². The highest BCUT2D eigenvalue weighted by atomic mass is 127. The maximum Gasteiger partial charge on any atom is 0.253 e. The fraction of sp³-hybridized carbons (Fsp3) is 0.250. The van der Waals surface area contributed by atoms with Crippen molar-refractivity contribution in [2.24, 2.45) is 0 Å². The standard InChI is InChI=1S/C16H16IN3O/c17-14-3-1-13(2-4-14)16(21)20-11-9-19(10-12-20)15-5-7-18-8-6-15/h1-8H,9-12H2. The van der Waals surface area contributed by atoms with Gasteiger partial charge in [0.05, 0.1) is 0 Å². The monoisotopic (exact) mass is 393 g/mol. The van der Waals surface area contributed by atoms with Gasteiger partial charge in [0.25, 0.3) is 5.91 Å². The number of amides is 1. The van der Waals surface area contributed by atoms with Gasteiger partial charge >= 0.3 is 0 Å². The first-order chi connectivity index (χ1) is 10.2. The molecule has 1 aliphatic heterocycles. The van der Waals surface area contributed by atoms with E-state index in [2.05, 4.69) is 32.5 Å². The Morgan fingerprint density at radius 1 is 0.952 bits per heavy atom. The van der Waals surface area contributed by atoms with Crippen LogP contribution in [0.15, 0.2) is 48.8 Å². The van der Waals surface area contributed by atoms with Crippen LogP contribution in [0, 0.1) is 3.57 Å². The van der Waals surface area contributed by atoms with E-state index in [-0.39, 0.29) is 5.91 Å².